The van der Waals surface area contributed by atoms with Gasteiger partial charge < -0.3 is 15.0 Å². The van der Waals surface area contributed by atoms with Crippen LogP contribution in [0.3, 0.4) is 0 Å². The van der Waals surface area contributed by atoms with E-state index in [1.165, 1.54) is 38.5 Å². The third-order valence-electron chi connectivity index (χ3n) is 5.77. The molecule has 2 aliphatic carbocycles. The minimum Gasteiger partial charge on any atom is -0.378 e. The molecule has 1 N–H and O–H groups in total. The summed E-state index contributed by atoms with van der Waals surface area (Å²) in [5.74, 6) is 3.02. The lowest BCUT2D eigenvalue weighted by molar-refractivity contribution is 0.0263. The Morgan fingerprint density at radius 2 is 1.86 bits per heavy atom. The first kappa shape index (κ1) is 16.1. The first-order valence-corrected chi connectivity index (χ1v) is 9.41. The summed E-state index contributed by atoms with van der Waals surface area (Å²) in [4.78, 5) is 6.96. The average molecular weight is 307 g/mol. The van der Waals surface area contributed by atoms with Gasteiger partial charge in [0.2, 0.25) is 0 Å². The van der Waals surface area contributed by atoms with E-state index in [1.807, 2.05) is 7.05 Å². The van der Waals surface area contributed by atoms with Crippen LogP contribution < -0.4 is 5.32 Å². The summed E-state index contributed by atoms with van der Waals surface area (Å²) in [6.07, 6.45) is 11.4. The van der Waals surface area contributed by atoms with Crippen molar-refractivity contribution >= 4 is 5.96 Å². The maximum atomic E-state index is 5.75. The predicted octanol–water partition coefficient (Wildman–Crippen LogP) is 3.03. The van der Waals surface area contributed by atoms with Crippen LogP contribution in [-0.4, -0.2) is 49.7 Å². The standard InChI is InChI=1S/C18H33N3O/c1-3-22-15-9-11-21(12-10-15)18(19-2)20-17-13-16(17)14-7-5-4-6-8-14/h14-17H,3-13H2,1-2H3,(H,19,20). The van der Waals surface area contributed by atoms with Gasteiger partial charge >= 0.3 is 0 Å². The average Bonchev–Trinajstić information content (AvgIpc) is 3.34. The van der Waals surface area contributed by atoms with E-state index in [1.54, 1.807) is 0 Å². The van der Waals surface area contributed by atoms with Crippen molar-refractivity contribution in [2.24, 2.45) is 16.8 Å². The van der Waals surface area contributed by atoms with Gasteiger partial charge in [0.1, 0.15) is 0 Å². The molecule has 0 radical (unpaired) electrons. The van der Waals surface area contributed by atoms with Crippen LogP contribution in [-0.2, 0) is 4.74 Å². The molecule has 0 aromatic carbocycles. The lowest BCUT2D eigenvalue weighted by Gasteiger charge is -2.34. The van der Waals surface area contributed by atoms with Crippen molar-refractivity contribution in [3.8, 4) is 0 Å². The van der Waals surface area contributed by atoms with Crippen LogP contribution in [0.5, 0.6) is 0 Å². The van der Waals surface area contributed by atoms with E-state index in [9.17, 15) is 0 Å². The maximum Gasteiger partial charge on any atom is 0.193 e. The molecule has 126 valence electrons. The highest BCUT2D eigenvalue weighted by Gasteiger charge is 2.43. The molecule has 0 bridgehead atoms. The van der Waals surface area contributed by atoms with Gasteiger partial charge in [-0.15, -0.1) is 0 Å². The second-order valence-electron chi connectivity index (χ2n) is 7.24. The van der Waals surface area contributed by atoms with Crippen LogP contribution in [0.2, 0.25) is 0 Å². The van der Waals surface area contributed by atoms with Crippen molar-refractivity contribution in [3.05, 3.63) is 0 Å². The number of hydrogen-bond acceptors (Lipinski definition) is 2. The first-order valence-electron chi connectivity index (χ1n) is 9.41. The van der Waals surface area contributed by atoms with Gasteiger partial charge in [0, 0.05) is 32.8 Å². The fraction of sp³-hybridized carbons (Fsp3) is 0.944. The fourth-order valence-electron chi connectivity index (χ4n) is 4.40. The van der Waals surface area contributed by atoms with Crippen molar-refractivity contribution in [3.63, 3.8) is 0 Å². The Morgan fingerprint density at radius 3 is 2.50 bits per heavy atom. The Morgan fingerprint density at radius 1 is 1.14 bits per heavy atom. The van der Waals surface area contributed by atoms with E-state index in [2.05, 4.69) is 22.1 Å². The van der Waals surface area contributed by atoms with E-state index >= 15 is 0 Å². The van der Waals surface area contributed by atoms with Gasteiger partial charge in [-0.25, -0.2) is 0 Å². The number of aliphatic imine (C=N–C) groups is 1. The number of guanidine groups is 1. The quantitative estimate of drug-likeness (QED) is 0.641. The third kappa shape index (κ3) is 3.95. The molecule has 3 fully saturated rings. The van der Waals surface area contributed by atoms with Crippen molar-refractivity contribution in [1.29, 1.82) is 0 Å². The minimum atomic E-state index is 0.454. The predicted molar refractivity (Wildman–Crippen MR) is 91.2 cm³/mol. The molecule has 2 atom stereocenters. The van der Waals surface area contributed by atoms with Crippen molar-refractivity contribution < 1.29 is 4.74 Å². The zero-order valence-corrected chi connectivity index (χ0v) is 14.4. The molecular weight excluding hydrogens is 274 g/mol. The lowest BCUT2D eigenvalue weighted by Crippen LogP contribution is -2.48. The van der Waals surface area contributed by atoms with E-state index in [-0.39, 0.29) is 0 Å². The third-order valence-corrected chi connectivity index (χ3v) is 5.77. The molecule has 1 saturated heterocycles. The van der Waals surface area contributed by atoms with E-state index in [4.69, 9.17) is 4.74 Å². The molecule has 2 unspecified atom stereocenters. The lowest BCUT2D eigenvalue weighted by atomic mass is 9.85. The van der Waals surface area contributed by atoms with Crippen molar-refractivity contribution in [1.82, 2.24) is 10.2 Å². The second-order valence-corrected chi connectivity index (χ2v) is 7.24. The highest BCUT2D eigenvalue weighted by atomic mass is 16.5. The van der Waals surface area contributed by atoms with Gasteiger partial charge in [0.05, 0.1) is 6.10 Å². The zero-order valence-electron chi connectivity index (χ0n) is 14.4. The molecule has 1 heterocycles. The first-order chi connectivity index (χ1) is 10.8. The summed E-state index contributed by atoms with van der Waals surface area (Å²) < 4.78 is 5.75. The summed E-state index contributed by atoms with van der Waals surface area (Å²) in [5, 5.41) is 3.74. The fourth-order valence-corrected chi connectivity index (χ4v) is 4.40. The molecule has 0 spiro atoms. The van der Waals surface area contributed by atoms with Crippen molar-refractivity contribution in [2.75, 3.05) is 26.7 Å². The summed E-state index contributed by atoms with van der Waals surface area (Å²) in [6.45, 7) is 5.07. The molecule has 3 aliphatic rings. The molecule has 2 saturated carbocycles. The van der Waals surface area contributed by atoms with Crippen LogP contribution in [0.4, 0.5) is 0 Å². The Balaban J connectivity index is 1.43. The Labute approximate surface area is 135 Å². The van der Waals surface area contributed by atoms with E-state index < -0.39 is 0 Å². The summed E-state index contributed by atoms with van der Waals surface area (Å²) in [5.41, 5.74) is 0. The smallest absolute Gasteiger partial charge is 0.193 e. The number of nitrogens with one attached hydrogen (secondary N) is 1. The monoisotopic (exact) mass is 307 g/mol. The van der Waals surface area contributed by atoms with Crippen LogP contribution in [0.15, 0.2) is 4.99 Å². The molecule has 4 nitrogen and oxygen atoms in total. The van der Waals surface area contributed by atoms with Crippen LogP contribution >= 0.6 is 0 Å². The Hall–Kier alpha value is -0.770. The number of likely N-dealkylation sites (tertiary alicyclic amines) is 1. The number of hydrogen-bond donors (Lipinski definition) is 1. The van der Waals surface area contributed by atoms with E-state index in [0.29, 0.717) is 12.1 Å². The zero-order chi connectivity index (χ0) is 15.4. The van der Waals surface area contributed by atoms with Gasteiger partial charge in [-0.1, -0.05) is 32.1 Å². The number of ether oxygens (including phenoxy) is 1. The number of nitrogens with zero attached hydrogens (tertiary/aromatic N) is 2. The summed E-state index contributed by atoms with van der Waals surface area (Å²) in [6, 6.07) is 0.686. The Bertz CT molecular complexity index is 371. The molecular formula is C18H33N3O. The number of rotatable bonds is 4. The normalized spacial score (nSPS) is 31.4. The molecule has 22 heavy (non-hydrogen) atoms. The number of piperidine rings is 1. The molecule has 0 aromatic heterocycles. The van der Waals surface area contributed by atoms with Gasteiger partial charge in [-0.3, -0.25) is 4.99 Å². The molecule has 0 aromatic rings. The summed E-state index contributed by atoms with van der Waals surface area (Å²) >= 11 is 0. The van der Waals surface area contributed by atoms with Gasteiger partial charge in [0.25, 0.3) is 0 Å². The largest absolute Gasteiger partial charge is 0.378 e. The van der Waals surface area contributed by atoms with Crippen LogP contribution in [0, 0.1) is 11.8 Å². The topological polar surface area (TPSA) is 36.9 Å². The van der Waals surface area contributed by atoms with Gasteiger partial charge in [-0.2, -0.15) is 0 Å². The van der Waals surface area contributed by atoms with Crippen LogP contribution in [0.25, 0.3) is 0 Å². The van der Waals surface area contributed by atoms with Crippen molar-refractivity contribution in [2.45, 2.75) is 70.4 Å². The van der Waals surface area contributed by atoms with Crippen LogP contribution in [0.1, 0.15) is 58.3 Å². The highest BCUT2D eigenvalue weighted by molar-refractivity contribution is 5.80. The molecule has 1 aliphatic heterocycles. The SMILES string of the molecule is CCOC1CCN(C(=NC)NC2CC2C2CCCCC2)CC1. The molecule has 0 amide bonds. The second kappa shape index (κ2) is 7.67. The minimum absolute atomic E-state index is 0.454. The van der Waals surface area contributed by atoms with Gasteiger partial charge in [0.15, 0.2) is 5.96 Å². The molecule has 4 heteroatoms. The summed E-state index contributed by atoms with van der Waals surface area (Å²) in [7, 11) is 1.93. The Kier molecular flexibility index (Phi) is 5.61. The van der Waals surface area contributed by atoms with E-state index in [0.717, 1.165) is 50.3 Å². The van der Waals surface area contributed by atoms with Gasteiger partial charge in [-0.05, 0) is 38.0 Å². The molecule has 3 rings (SSSR count). The maximum absolute atomic E-state index is 5.75. The highest BCUT2D eigenvalue weighted by Crippen LogP contribution is 2.44.